The van der Waals surface area contributed by atoms with E-state index >= 15 is 0 Å². The van der Waals surface area contributed by atoms with E-state index in [1.165, 1.54) is 5.56 Å². The molecule has 0 fully saturated rings. The van der Waals surface area contributed by atoms with Crippen LogP contribution in [0, 0.1) is 13.8 Å². The second-order valence-electron chi connectivity index (χ2n) is 19.3. The van der Waals surface area contributed by atoms with E-state index in [2.05, 4.69) is 19.9 Å². The van der Waals surface area contributed by atoms with Crippen molar-refractivity contribution < 1.29 is 76.2 Å². The maximum absolute atomic E-state index is 9.08. The maximum atomic E-state index is 9.08. The molecule has 0 bridgehead atoms. The van der Waals surface area contributed by atoms with Gasteiger partial charge in [0.05, 0.1) is 185 Å². The van der Waals surface area contributed by atoms with Crippen molar-refractivity contribution >= 4 is 0 Å². The zero-order valence-electron chi connectivity index (χ0n) is 46.1. The minimum absolute atomic E-state index is 0.00980. The first-order valence-electron chi connectivity index (χ1n) is 25.6. The van der Waals surface area contributed by atoms with E-state index in [9.17, 15) is 0 Å². The molecule has 0 heterocycles. The molecule has 0 aliphatic heterocycles. The Balaban J connectivity index is 2.08. The van der Waals surface area contributed by atoms with Crippen LogP contribution in [0.1, 0.15) is 115 Å². The van der Waals surface area contributed by atoms with Crippen molar-refractivity contribution in [3.8, 4) is 5.75 Å². The highest BCUT2D eigenvalue weighted by atomic mass is 16.6. The van der Waals surface area contributed by atoms with Crippen molar-refractivity contribution in [1.82, 2.24) is 0 Å². The van der Waals surface area contributed by atoms with Crippen LogP contribution in [0.15, 0.2) is 18.2 Å². The maximum Gasteiger partial charge on any atom is 0.123 e. The zero-order valence-corrected chi connectivity index (χ0v) is 46.1. The number of hydrogen-bond acceptors (Lipinski definition) is 16. The molecule has 15 unspecified atom stereocenters. The van der Waals surface area contributed by atoms with Crippen LogP contribution < -0.4 is 4.74 Å². The molecule has 0 amide bonds. The van der Waals surface area contributed by atoms with Gasteiger partial charge in [-0.1, -0.05) is 12.1 Å². The molecule has 1 N–H and O–H groups in total. The summed E-state index contributed by atoms with van der Waals surface area (Å²) < 4.78 is 89.0. The molecule has 0 saturated heterocycles. The average molecular weight is 993 g/mol. The van der Waals surface area contributed by atoms with Crippen molar-refractivity contribution in [3.05, 3.63) is 29.3 Å². The molecule has 1 aromatic carbocycles. The Morgan fingerprint density at radius 2 is 0.478 bits per heavy atom. The number of rotatable bonds is 45. The quantitative estimate of drug-likeness (QED) is 0.0676. The summed E-state index contributed by atoms with van der Waals surface area (Å²) in [5.41, 5.74) is 2.36. The van der Waals surface area contributed by atoms with Gasteiger partial charge in [0, 0.05) is 0 Å². The molecule has 0 aliphatic carbocycles. The van der Waals surface area contributed by atoms with Crippen molar-refractivity contribution in [3.63, 3.8) is 0 Å². The summed E-state index contributed by atoms with van der Waals surface area (Å²) >= 11 is 0. The van der Waals surface area contributed by atoms with Gasteiger partial charge in [-0.05, 0) is 135 Å². The second-order valence-corrected chi connectivity index (χ2v) is 19.3. The highest BCUT2D eigenvalue weighted by Gasteiger charge is 2.18. The van der Waals surface area contributed by atoms with Crippen LogP contribution in [0.3, 0.4) is 0 Å². The average Bonchev–Trinajstić information content (AvgIpc) is 3.32. The predicted octanol–water partition coefficient (Wildman–Crippen LogP) is 7.73. The van der Waals surface area contributed by atoms with Gasteiger partial charge < -0.3 is 76.2 Å². The number of ether oxygens (including phenoxy) is 15. The largest absolute Gasteiger partial charge is 0.488 e. The summed E-state index contributed by atoms with van der Waals surface area (Å²) in [5, 5.41) is 9.08. The lowest BCUT2D eigenvalue weighted by Crippen LogP contribution is -2.31. The summed E-state index contributed by atoms with van der Waals surface area (Å²) in [6, 6.07) is 6.09. The molecule has 0 saturated carbocycles. The number of aryl methyl sites for hydroxylation is 1. The molecule has 16 heteroatoms. The highest BCUT2D eigenvalue weighted by molar-refractivity contribution is 5.38. The van der Waals surface area contributed by atoms with E-state index in [0.717, 1.165) is 11.3 Å². The summed E-state index contributed by atoms with van der Waals surface area (Å²) in [5.74, 6) is 0.894. The Bertz CT molecular complexity index is 1360. The van der Waals surface area contributed by atoms with E-state index in [1.54, 1.807) is 0 Å². The lowest BCUT2D eigenvalue weighted by atomic mass is 10.1. The third-order valence-electron chi connectivity index (χ3n) is 10.8. The number of hydrogen-bond donors (Lipinski definition) is 1. The molecule has 69 heavy (non-hydrogen) atoms. The van der Waals surface area contributed by atoms with Crippen LogP contribution in [0.2, 0.25) is 0 Å². The SMILES string of the molecule is Cc1cccc(OC(C)COC(C)COC(C)COC(C)COC(C)COC(C)COC(C)COC(C)COC(C)COC(C)COC(C)COC(C)COC(C)COC(C)COC(C)CO)c1C. The van der Waals surface area contributed by atoms with E-state index in [0.29, 0.717) is 92.5 Å². The van der Waals surface area contributed by atoms with E-state index in [-0.39, 0.29) is 98.2 Å². The zero-order chi connectivity index (χ0) is 51.7. The molecule has 16 nitrogen and oxygen atoms in total. The van der Waals surface area contributed by atoms with Crippen LogP contribution in [-0.2, 0) is 66.3 Å². The third kappa shape index (κ3) is 35.3. The molecular weight excluding hydrogens is 893 g/mol. The van der Waals surface area contributed by atoms with E-state index in [4.69, 9.17) is 76.2 Å². The first kappa shape index (κ1) is 65.4. The summed E-state index contributed by atoms with van der Waals surface area (Å²) in [7, 11) is 0. The predicted molar refractivity (Wildman–Crippen MR) is 269 cm³/mol. The molecule has 0 radical (unpaired) electrons. The van der Waals surface area contributed by atoms with Crippen LogP contribution >= 0.6 is 0 Å². The molecule has 15 atom stereocenters. The minimum atomic E-state index is -0.202. The lowest BCUT2D eigenvalue weighted by Gasteiger charge is -2.24. The van der Waals surface area contributed by atoms with Gasteiger partial charge in [-0.15, -0.1) is 0 Å². The fourth-order valence-corrected chi connectivity index (χ4v) is 5.98. The van der Waals surface area contributed by atoms with Crippen molar-refractivity contribution in [2.75, 3.05) is 99.1 Å². The van der Waals surface area contributed by atoms with Gasteiger partial charge in [0.15, 0.2) is 0 Å². The standard InChI is InChI=1S/C53H100O16/c1-36-19-18-20-53(52(36)17)69-51(16)35-68-50(15)34-67-49(14)33-66-48(13)32-65-47(12)31-64-46(11)30-63-45(10)29-62-44(9)28-61-43(8)27-60-42(7)26-59-41(6)25-58-40(5)24-57-39(4)23-56-38(3)22-55-37(2)21-54/h18-20,37-51,54H,21-35H2,1-17H3. The van der Waals surface area contributed by atoms with E-state index in [1.807, 2.05) is 116 Å². The third-order valence-corrected chi connectivity index (χ3v) is 10.8. The smallest absolute Gasteiger partial charge is 0.123 e. The van der Waals surface area contributed by atoms with Crippen LogP contribution in [0.5, 0.6) is 5.75 Å². The van der Waals surface area contributed by atoms with Gasteiger partial charge in [-0.25, -0.2) is 0 Å². The van der Waals surface area contributed by atoms with Crippen LogP contribution in [-0.4, -0.2) is 196 Å². The van der Waals surface area contributed by atoms with Gasteiger partial charge in [0.25, 0.3) is 0 Å². The Morgan fingerprint density at radius 1 is 0.290 bits per heavy atom. The normalized spacial score (nSPS) is 18.8. The molecule has 0 aromatic heterocycles. The molecule has 408 valence electrons. The topological polar surface area (TPSA) is 159 Å². The molecule has 0 spiro atoms. The van der Waals surface area contributed by atoms with Gasteiger partial charge in [0.1, 0.15) is 11.9 Å². The number of aliphatic hydroxyl groups is 1. The first-order valence-corrected chi connectivity index (χ1v) is 25.6. The Hall–Kier alpha value is -1.58. The molecule has 0 aliphatic rings. The van der Waals surface area contributed by atoms with Crippen molar-refractivity contribution in [2.45, 2.75) is 209 Å². The van der Waals surface area contributed by atoms with Gasteiger partial charge in [-0.3, -0.25) is 0 Å². The van der Waals surface area contributed by atoms with Gasteiger partial charge in [-0.2, -0.15) is 0 Å². The molecule has 1 aromatic rings. The Morgan fingerprint density at radius 3 is 0.681 bits per heavy atom. The lowest BCUT2D eigenvalue weighted by molar-refractivity contribution is -0.115. The molecular formula is C53H100O16. The first-order chi connectivity index (χ1) is 32.7. The van der Waals surface area contributed by atoms with Gasteiger partial charge >= 0.3 is 0 Å². The van der Waals surface area contributed by atoms with Crippen molar-refractivity contribution in [1.29, 1.82) is 0 Å². The second kappa shape index (κ2) is 39.0. The highest BCUT2D eigenvalue weighted by Crippen LogP contribution is 2.22. The molecule has 1 rings (SSSR count). The fourth-order valence-electron chi connectivity index (χ4n) is 5.98. The Labute approximate surface area is 418 Å². The number of benzene rings is 1. The van der Waals surface area contributed by atoms with Crippen molar-refractivity contribution in [2.24, 2.45) is 0 Å². The summed E-state index contributed by atoms with van der Waals surface area (Å²) in [6.45, 7) is 40.0. The van der Waals surface area contributed by atoms with Crippen LogP contribution in [0.25, 0.3) is 0 Å². The monoisotopic (exact) mass is 993 g/mol. The number of aliphatic hydroxyl groups excluding tert-OH is 1. The summed E-state index contributed by atoms with van der Waals surface area (Å²) in [4.78, 5) is 0. The Kier molecular flexibility index (Phi) is 36.9. The summed E-state index contributed by atoms with van der Waals surface area (Å²) in [6.07, 6.45) is -1.49. The van der Waals surface area contributed by atoms with E-state index < -0.39 is 0 Å². The fraction of sp³-hybridized carbons (Fsp3) is 0.887. The van der Waals surface area contributed by atoms with Gasteiger partial charge in [0.2, 0.25) is 0 Å². The minimum Gasteiger partial charge on any atom is -0.488 e. The van der Waals surface area contributed by atoms with Crippen LogP contribution in [0.4, 0.5) is 0 Å².